The second-order valence-electron chi connectivity index (χ2n) is 6.24. The van der Waals surface area contributed by atoms with E-state index in [1.54, 1.807) is 0 Å². The number of rotatable bonds is 11. The quantitative estimate of drug-likeness (QED) is 0.277. The summed E-state index contributed by atoms with van der Waals surface area (Å²) < 4.78 is 0.963. The number of aromatic nitrogens is 2. The summed E-state index contributed by atoms with van der Waals surface area (Å²) in [6.07, 6.45) is 5.41. The van der Waals surface area contributed by atoms with Gasteiger partial charge in [0.2, 0.25) is 11.8 Å². The number of halogens is 1. The number of nitro groups is 1. The molecule has 1 aromatic heterocycles. The molecule has 27 heavy (non-hydrogen) atoms. The lowest BCUT2D eigenvalue weighted by Crippen LogP contribution is -2.11. The maximum atomic E-state index is 11.4. The molecule has 0 spiro atoms. The Labute approximate surface area is 167 Å². The van der Waals surface area contributed by atoms with Crippen molar-refractivity contribution in [2.75, 3.05) is 17.6 Å². The summed E-state index contributed by atoms with van der Waals surface area (Å²) in [6.45, 7) is 1.18. The second-order valence-corrected chi connectivity index (χ2v) is 7.09. The summed E-state index contributed by atoms with van der Waals surface area (Å²) in [5.41, 5.74) is 12.5. The zero-order valence-corrected chi connectivity index (χ0v) is 16.7. The van der Waals surface area contributed by atoms with Crippen molar-refractivity contribution < 1.29 is 4.92 Å². The standard InChI is InChI=1S/C18H25BrN6O2/c19-14-9-6-5-8-13(14)12-22-18-23-15(10-4-2-1-3-7-11-20)16(25(26)27)17(21)24-18/h5-6,8-9H,1-4,7,10-12,20H2,(H3,21,22,23,24). The van der Waals surface area contributed by atoms with Crippen LogP contribution in [0.4, 0.5) is 17.5 Å². The van der Waals surface area contributed by atoms with Crippen LogP contribution in [0.5, 0.6) is 0 Å². The molecule has 0 atom stereocenters. The highest BCUT2D eigenvalue weighted by Gasteiger charge is 2.22. The third kappa shape index (κ3) is 6.44. The van der Waals surface area contributed by atoms with Gasteiger partial charge in [-0.3, -0.25) is 10.1 Å². The second kappa shape index (κ2) is 10.8. The van der Waals surface area contributed by atoms with Gasteiger partial charge in [-0.15, -0.1) is 0 Å². The largest absolute Gasteiger partial charge is 0.378 e. The summed E-state index contributed by atoms with van der Waals surface area (Å²) in [7, 11) is 0. The van der Waals surface area contributed by atoms with Crippen LogP contribution in [-0.2, 0) is 13.0 Å². The van der Waals surface area contributed by atoms with E-state index in [0.717, 1.165) is 42.1 Å². The number of unbranched alkanes of at least 4 members (excludes halogenated alkanes) is 4. The van der Waals surface area contributed by atoms with Crippen molar-refractivity contribution in [2.45, 2.75) is 45.1 Å². The molecule has 8 nitrogen and oxygen atoms in total. The fourth-order valence-corrected chi connectivity index (χ4v) is 3.18. The molecule has 5 N–H and O–H groups in total. The molecule has 0 bridgehead atoms. The molecule has 1 heterocycles. The highest BCUT2D eigenvalue weighted by molar-refractivity contribution is 9.10. The Morgan fingerprint density at radius 2 is 1.81 bits per heavy atom. The van der Waals surface area contributed by atoms with Gasteiger partial charge < -0.3 is 16.8 Å². The SMILES string of the molecule is NCCCCCCCc1nc(NCc2ccccc2Br)nc(N)c1[N+](=O)[O-]. The van der Waals surface area contributed by atoms with Crippen LogP contribution in [0.25, 0.3) is 0 Å². The number of nitrogens with one attached hydrogen (secondary N) is 1. The summed E-state index contributed by atoms with van der Waals surface area (Å²) >= 11 is 3.49. The van der Waals surface area contributed by atoms with Crippen molar-refractivity contribution in [3.8, 4) is 0 Å². The van der Waals surface area contributed by atoms with Crippen LogP contribution in [0.15, 0.2) is 28.7 Å². The van der Waals surface area contributed by atoms with Crippen molar-refractivity contribution in [1.29, 1.82) is 0 Å². The molecule has 0 amide bonds. The number of nitrogen functional groups attached to an aromatic ring is 1. The molecule has 0 saturated carbocycles. The number of hydrogen-bond acceptors (Lipinski definition) is 7. The molecule has 0 aliphatic rings. The first-order valence-corrected chi connectivity index (χ1v) is 9.80. The lowest BCUT2D eigenvalue weighted by molar-refractivity contribution is -0.385. The zero-order valence-electron chi connectivity index (χ0n) is 15.2. The van der Waals surface area contributed by atoms with E-state index < -0.39 is 4.92 Å². The van der Waals surface area contributed by atoms with E-state index in [1.807, 2.05) is 24.3 Å². The predicted octanol–water partition coefficient (Wildman–Crippen LogP) is 3.79. The maximum Gasteiger partial charge on any atom is 0.332 e. The zero-order chi connectivity index (χ0) is 19.6. The monoisotopic (exact) mass is 436 g/mol. The van der Waals surface area contributed by atoms with Crippen LogP contribution >= 0.6 is 15.9 Å². The molecule has 1 aromatic carbocycles. The third-order valence-corrected chi connectivity index (χ3v) is 4.95. The summed E-state index contributed by atoms with van der Waals surface area (Å²) in [4.78, 5) is 19.3. The first-order valence-electron chi connectivity index (χ1n) is 9.01. The first kappa shape index (κ1) is 21.0. The van der Waals surface area contributed by atoms with E-state index in [-0.39, 0.29) is 11.5 Å². The van der Waals surface area contributed by atoms with Crippen LogP contribution in [0, 0.1) is 10.1 Å². The van der Waals surface area contributed by atoms with Gasteiger partial charge in [0.15, 0.2) is 0 Å². The van der Waals surface area contributed by atoms with Gasteiger partial charge in [-0.2, -0.15) is 4.98 Å². The van der Waals surface area contributed by atoms with E-state index in [9.17, 15) is 10.1 Å². The van der Waals surface area contributed by atoms with E-state index in [2.05, 4.69) is 31.2 Å². The van der Waals surface area contributed by atoms with Crippen LogP contribution in [0.1, 0.15) is 43.4 Å². The van der Waals surface area contributed by atoms with Crippen molar-refractivity contribution in [2.24, 2.45) is 5.73 Å². The number of anilines is 2. The van der Waals surface area contributed by atoms with Crippen molar-refractivity contribution in [3.05, 3.63) is 50.1 Å². The van der Waals surface area contributed by atoms with Crippen LogP contribution < -0.4 is 16.8 Å². The van der Waals surface area contributed by atoms with Crippen molar-refractivity contribution >= 4 is 33.4 Å². The molecule has 9 heteroatoms. The Hall–Kier alpha value is -2.26. The van der Waals surface area contributed by atoms with Gasteiger partial charge in [-0.1, -0.05) is 53.4 Å². The first-order chi connectivity index (χ1) is 13.0. The molecule has 2 aromatic rings. The Morgan fingerprint density at radius 1 is 1.11 bits per heavy atom. The van der Waals surface area contributed by atoms with Gasteiger partial charge in [-0.25, -0.2) is 4.98 Å². The summed E-state index contributed by atoms with van der Waals surface area (Å²) in [5.74, 6) is 0.190. The highest BCUT2D eigenvalue weighted by Crippen LogP contribution is 2.26. The maximum absolute atomic E-state index is 11.4. The van der Waals surface area contributed by atoms with Gasteiger partial charge in [0.25, 0.3) is 0 Å². The number of nitrogens with two attached hydrogens (primary N) is 2. The minimum atomic E-state index is -0.503. The Morgan fingerprint density at radius 3 is 2.52 bits per heavy atom. The average molecular weight is 437 g/mol. The normalized spacial score (nSPS) is 10.7. The van der Waals surface area contributed by atoms with Gasteiger partial charge in [0.1, 0.15) is 5.69 Å². The van der Waals surface area contributed by atoms with Crippen LogP contribution in [0.3, 0.4) is 0 Å². The molecule has 2 rings (SSSR count). The smallest absolute Gasteiger partial charge is 0.332 e. The lowest BCUT2D eigenvalue weighted by Gasteiger charge is -2.10. The van der Waals surface area contributed by atoms with E-state index in [4.69, 9.17) is 11.5 Å². The van der Waals surface area contributed by atoms with E-state index in [1.165, 1.54) is 0 Å². The molecule has 0 unspecified atom stereocenters. The minimum Gasteiger partial charge on any atom is -0.378 e. The Kier molecular flexibility index (Phi) is 8.41. The highest BCUT2D eigenvalue weighted by atomic mass is 79.9. The number of hydrogen-bond donors (Lipinski definition) is 3. The van der Waals surface area contributed by atoms with E-state index >= 15 is 0 Å². The molecule has 0 aliphatic heterocycles. The third-order valence-electron chi connectivity index (χ3n) is 4.18. The molecular formula is C18H25BrN6O2. The van der Waals surface area contributed by atoms with Gasteiger partial charge in [0, 0.05) is 11.0 Å². The number of nitrogens with zero attached hydrogens (tertiary/aromatic N) is 3. The summed E-state index contributed by atoms with van der Waals surface area (Å²) in [6, 6.07) is 7.77. The Balaban J connectivity index is 2.06. The lowest BCUT2D eigenvalue weighted by atomic mass is 10.1. The van der Waals surface area contributed by atoms with Crippen LogP contribution in [-0.4, -0.2) is 21.4 Å². The molecule has 0 fully saturated rings. The average Bonchev–Trinajstić information content (AvgIpc) is 2.63. The van der Waals surface area contributed by atoms with E-state index in [0.29, 0.717) is 31.2 Å². The van der Waals surface area contributed by atoms with Gasteiger partial charge in [-0.05, 0) is 37.4 Å². The number of aryl methyl sites for hydroxylation is 1. The molecular weight excluding hydrogens is 412 g/mol. The summed E-state index contributed by atoms with van der Waals surface area (Å²) in [5, 5.41) is 14.5. The van der Waals surface area contributed by atoms with Gasteiger partial charge >= 0.3 is 5.69 Å². The van der Waals surface area contributed by atoms with Crippen LogP contribution in [0.2, 0.25) is 0 Å². The van der Waals surface area contributed by atoms with Crippen molar-refractivity contribution in [1.82, 2.24) is 9.97 Å². The van der Waals surface area contributed by atoms with Crippen molar-refractivity contribution in [3.63, 3.8) is 0 Å². The molecule has 0 saturated heterocycles. The number of benzene rings is 1. The topological polar surface area (TPSA) is 133 Å². The van der Waals surface area contributed by atoms with Gasteiger partial charge in [0.05, 0.1) is 4.92 Å². The molecule has 0 aliphatic carbocycles. The minimum absolute atomic E-state index is 0.109. The predicted molar refractivity (Wildman–Crippen MR) is 110 cm³/mol. The Bertz CT molecular complexity index is 772. The fourth-order valence-electron chi connectivity index (χ4n) is 2.76. The molecule has 0 radical (unpaired) electrons. The molecule has 146 valence electrons. The fraction of sp³-hybridized carbons (Fsp3) is 0.444.